The van der Waals surface area contributed by atoms with Crippen molar-refractivity contribution >= 4 is 11.4 Å². The van der Waals surface area contributed by atoms with Gasteiger partial charge in [0, 0.05) is 17.4 Å². The first kappa shape index (κ1) is 17.5. The van der Waals surface area contributed by atoms with Gasteiger partial charge in [0.25, 0.3) is 0 Å². The minimum absolute atomic E-state index is 0.332. The predicted molar refractivity (Wildman–Crippen MR) is 112 cm³/mol. The zero-order valence-electron chi connectivity index (χ0n) is 16.4. The molecule has 138 valence electrons. The second-order valence-corrected chi connectivity index (χ2v) is 8.67. The van der Waals surface area contributed by atoms with Crippen molar-refractivity contribution in [2.45, 2.75) is 76.8 Å². The molecule has 0 saturated heterocycles. The van der Waals surface area contributed by atoms with Gasteiger partial charge in [0.15, 0.2) is 0 Å². The summed E-state index contributed by atoms with van der Waals surface area (Å²) in [6.07, 6.45) is 7.99. The highest BCUT2D eigenvalue weighted by Crippen LogP contribution is 2.53. The number of hydrogen-bond donors (Lipinski definition) is 2. The van der Waals surface area contributed by atoms with Crippen molar-refractivity contribution in [2.24, 2.45) is 0 Å². The first-order valence-corrected chi connectivity index (χ1v) is 10.3. The van der Waals surface area contributed by atoms with Gasteiger partial charge in [-0.3, -0.25) is 0 Å². The van der Waals surface area contributed by atoms with Crippen molar-refractivity contribution in [3.8, 4) is 0 Å². The van der Waals surface area contributed by atoms with Gasteiger partial charge < -0.3 is 10.6 Å². The van der Waals surface area contributed by atoms with Crippen LogP contribution in [0.1, 0.15) is 75.1 Å². The van der Waals surface area contributed by atoms with Gasteiger partial charge in [0.2, 0.25) is 0 Å². The largest absolute Gasteiger partial charge is 0.383 e. The fourth-order valence-electron chi connectivity index (χ4n) is 5.13. The molecule has 1 fully saturated rings. The summed E-state index contributed by atoms with van der Waals surface area (Å²) in [4.78, 5) is 0. The van der Waals surface area contributed by atoms with E-state index in [1.807, 2.05) is 0 Å². The highest BCUT2D eigenvalue weighted by molar-refractivity contribution is 5.69. The third kappa shape index (κ3) is 3.22. The number of benzene rings is 2. The number of aryl methyl sites for hydroxylation is 1. The normalized spacial score (nSPS) is 21.3. The Hall–Kier alpha value is -1.96. The average molecular weight is 349 g/mol. The number of hydrogen-bond acceptors (Lipinski definition) is 2. The van der Waals surface area contributed by atoms with Gasteiger partial charge in [-0.05, 0) is 74.3 Å². The maximum Gasteiger partial charge on any atom is 0.0522 e. The summed E-state index contributed by atoms with van der Waals surface area (Å²) in [5.74, 6) is 0. The molecule has 1 unspecified atom stereocenters. The lowest BCUT2D eigenvalue weighted by atomic mass is 9.63. The summed E-state index contributed by atoms with van der Waals surface area (Å²) in [7, 11) is 0. The van der Waals surface area contributed by atoms with Crippen LogP contribution in [0.2, 0.25) is 0 Å². The summed E-state index contributed by atoms with van der Waals surface area (Å²) < 4.78 is 0. The van der Waals surface area contributed by atoms with Gasteiger partial charge >= 0.3 is 0 Å². The van der Waals surface area contributed by atoms with E-state index in [9.17, 15) is 0 Å². The molecule has 1 heterocycles. The van der Waals surface area contributed by atoms with Crippen LogP contribution in [-0.4, -0.2) is 6.04 Å². The second kappa shape index (κ2) is 6.98. The molecule has 0 radical (unpaired) electrons. The van der Waals surface area contributed by atoms with Crippen molar-refractivity contribution in [2.75, 3.05) is 10.6 Å². The van der Waals surface area contributed by atoms with Gasteiger partial charge in [-0.1, -0.05) is 49.6 Å². The van der Waals surface area contributed by atoms with Crippen LogP contribution in [0.3, 0.4) is 0 Å². The van der Waals surface area contributed by atoms with E-state index in [4.69, 9.17) is 0 Å². The fraction of sp³-hybridized carbons (Fsp3) is 0.500. The van der Waals surface area contributed by atoms with E-state index in [2.05, 4.69) is 73.9 Å². The maximum atomic E-state index is 3.91. The van der Waals surface area contributed by atoms with E-state index in [1.165, 1.54) is 61.0 Å². The molecule has 4 rings (SSSR count). The summed E-state index contributed by atoms with van der Waals surface area (Å²) in [6.45, 7) is 6.70. The van der Waals surface area contributed by atoms with Crippen LogP contribution in [0, 0.1) is 6.92 Å². The molecule has 2 N–H and O–H groups in total. The van der Waals surface area contributed by atoms with Crippen LogP contribution in [-0.2, 0) is 5.41 Å². The van der Waals surface area contributed by atoms with Crippen LogP contribution >= 0.6 is 0 Å². The smallest absolute Gasteiger partial charge is 0.0522 e. The van der Waals surface area contributed by atoms with Crippen molar-refractivity contribution < 1.29 is 0 Å². The monoisotopic (exact) mass is 348 g/mol. The molecule has 1 aliphatic heterocycles. The summed E-state index contributed by atoms with van der Waals surface area (Å²) in [5.41, 5.74) is 7.36. The van der Waals surface area contributed by atoms with E-state index in [0.29, 0.717) is 17.5 Å². The Kier molecular flexibility index (Phi) is 4.69. The predicted octanol–water partition coefficient (Wildman–Crippen LogP) is 6.57. The molecule has 0 amide bonds. The molecule has 2 nitrogen and oxygen atoms in total. The van der Waals surface area contributed by atoms with Crippen LogP contribution in [0.15, 0.2) is 42.5 Å². The summed E-state index contributed by atoms with van der Waals surface area (Å²) >= 11 is 0. The molecule has 26 heavy (non-hydrogen) atoms. The lowest BCUT2D eigenvalue weighted by Crippen LogP contribution is -2.38. The highest BCUT2D eigenvalue weighted by atomic mass is 15.0. The number of rotatable bonds is 3. The average Bonchev–Trinajstić information content (AvgIpc) is 2.63. The topological polar surface area (TPSA) is 24.1 Å². The van der Waals surface area contributed by atoms with Gasteiger partial charge in [0.1, 0.15) is 0 Å². The molecule has 2 aromatic carbocycles. The van der Waals surface area contributed by atoms with E-state index < -0.39 is 0 Å². The maximum absolute atomic E-state index is 3.91. The van der Waals surface area contributed by atoms with Crippen LogP contribution in [0.5, 0.6) is 0 Å². The Morgan fingerprint density at radius 1 is 1.04 bits per heavy atom. The number of anilines is 2. The van der Waals surface area contributed by atoms with Crippen LogP contribution in [0.4, 0.5) is 11.4 Å². The highest BCUT2D eigenvalue weighted by Gasteiger charge is 2.42. The van der Waals surface area contributed by atoms with E-state index >= 15 is 0 Å². The summed E-state index contributed by atoms with van der Waals surface area (Å²) in [6, 6.07) is 16.7. The van der Waals surface area contributed by atoms with Gasteiger partial charge in [-0.15, -0.1) is 0 Å². The standard InChI is InChI=1S/C24H32N2/c1-17(2)25-20-14-18(3)23-21(15-20)24(12-8-5-9-13-24)16-22(26-23)19-10-6-4-7-11-19/h4,6-7,10-11,14-15,17,22,25-26H,5,8-9,12-13,16H2,1-3H3. The number of nitrogens with one attached hydrogen (secondary N) is 2. The molecule has 2 aliphatic rings. The van der Waals surface area contributed by atoms with E-state index in [0.717, 1.165) is 0 Å². The van der Waals surface area contributed by atoms with Crippen LogP contribution in [0.25, 0.3) is 0 Å². The quantitative estimate of drug-likeness (QED) is 0.655. The van der Waals surface area contributed by atoms with Gasteiger partial charge in [-0.2, -0.15) is 0 Å². The van der Waals surface area contributed by atoms with Crippen molar-refractivity contribution in [3.05, 3.63) is 59.2 Å². The first-order chi connectivity index (χ1) is 12.6. The van der Waals surface area contributed by atoms with E-state index in [-0.39, 0.29) is 0 Å². The molecule has 2 aromatic rings. The van der Waals surface area contributed by atoms with Gasteiger partial charge in [0.05, 0.1) is 6.04 Å². The Labute approximate surface area is 158 Å². The minimum Gasteiger partial charge on any atom is -0.383 e. The van der Waals surface area contributed by atoms with Gasteiger partial charge in [-0.25, -0.2) is 0 Å². The second-order valence-electron chi connectivity index (χ2n) is 8.67. The molecule has 0 bridgehead atoms. The molecule has 1 atom stereocenters. The van der Waals surface area contributed by atoms with Crippen molar-refractivity contribution in [1.82, 2.24) is 0 Å². The molecule has 0 aromatic heterocycles. The summed E-state index contributed by atoms with van der Waals surface area (Å²) in [5, 5.41) is 7.54. The molecule has 1 saturated carbocycles. The third-order valence-electron chi connectivity index (χ3n) is 6.29. The Morgan fingerprint density at radius 2 is 1.77 bits per heavy atom. The fourth-order valence-corrected chi connectivity index (χ4v) is 5.13. The molecule has 1 aliphatic carbocycles. The zero-order valence-corrected chi connectivity index (χ0v) is 16.4. The third-order valence-corrected chi connectivity index (χ3v) is 6.29. The zero-order chi connectivity index (χ0) is 18.1. The van der Waals surface area contributed by atoms with Crippen molar-refractivity contribution in [3.63, 3.8) is 0 Å². The molecular formula is C24H32N2. The SMILES string of the molecule is Cc1cc(NC(C)C)cc2c1NC(c1ccccc1)CC21CCCCC1. The molecule has 1 spiro atoms. The lowest BCUT2D eigenvalue weighted by Gasteiger charge is -2.46. The minimum atomic E-state index is 0.332. The van der Waals surface area contributed by atoms with Crippen molar-refractivity contribution in [1.29, 1.82) is 0 Å². The lowest BCUT2D eigenvalue weighted by molar-refractivity contribution is 0.254. The van der Waals surface area contributed by atoms with E-state index in [1.54, 1.807) is 5.56 Å². The Balaban J connectivity index is 1.79. The molecule has 2 heteroatoms. The van der Waals surface area contributed by atoms with Crippen LogP contribution < -0.4 is 10.6 Å². The Morgan fingerprint density at radius 3 is 2.46 bits per heavy atom. The molecular weight excluding hydrogens is 316 g/mol. The first-order valence-electron chi connectivity index (χ1n) is 10.3. The Bertz CT molecular complexity index is 757. The number of fused-ring (bicyclic) bond motifs is 2.